The minimum atomic E-state index is -0.408. The van der Waals surface area contributed by atoms with Crippen molar-refractivity contribution in [3.63, 3.8) is 0 Å². The zero-order valence-electron chi connectivity index (χ0n) is 14.5. The molecule has 0 saturated heterocycles. The molecule has 0 spiro atoms. The van der Waals surface area contributed by atoms with Crippen LogP contribution >= 0.6 is 11.8 Å². The van der Waals surface area contributed by atoms with Crippen LogP contribution in [0.5, 0.6) is 5.75 Å². The quantitative estimate of drug-likeness (QED) is 0.561. The number of hydrogen-bond acceptors (Lipinski definition) is 5. The number of ether oxygens (including phenoxy) is 2. The van der Waals surface area contributed by atoms with Gasteiger partial charge in [0.25, 0.3) is 5.91 Å². The molecule has 2 aromatic rings. The number of hydrogen-bond donors (Lipinski definition) is 0. The fraction of sp³-hybridized carbons (Fsp3) is 0.263. The molecule has 2 aromatic carbocycles. The number of thioether (sulfide) groups is 1. The summed E-state index contributed by atoms with van der Waals surface area (Å²) in [6.07, 6.45) is 2.03. The number of likely N-dealkylation sites (N-methyl/N-ethyl adjacent to an activating group) is 1. The molecule has 0 bridgehead atoms. The van der Waals surface area contributed by atoms with Gasteiger partial charge in [0, 0.05) is 18.5 Å². The molecular weight excluding hydrogens is 338 g/mol. The Kier molecular flexibility index (Phi) is 6.89. The molecule has 0 aromatic heterocycles. The second kappa shape index (κ2) is 9.13. The van der Waals surface area contributed by atoms with Gasteiger partial charge in [-0.05, 0) is 48.2 Å². The van der Waals surface area contributed by atoms with Crippen LogP contribution < -0.4 is 4.74 Å². The molecule has 0 saturated carbocycles. The highest BCUT2D eigenvalue weighted by Crippen LogP contribution is 2.16. The summed E-state index contributed by atoms with van der Waals surface area (Å²) in [6.45, 7) is 0.467. The predicted molar refractivity (Wildman–Crippen MR) is 98.0 cm³/mol. The van der Waals surface area contributed by atoms with Crippen LogP contribution in [-0.4, -0.2) is 43.8 Å². The van der Waals surface area contributed by atoms with Crippen LogP contribution in [0.15, 0.2) is 53.4 Å². The van der Waals surface area contributed by atoms with Crippen molar-refractivity contribution in [2.75, 3.05) is 27.0 Å². The molecule has 25 heavy (non-hydrogen) atoms. The summed E-state index contributed by atoms with van der Waals surface area (Å²) in [5.41, 5.74) is 1.50. The van der Waals surface area contributed by atoms with Gasteiger partial charge in [0.1, 0.15) is 5.75 Å². The van der Waals surface area contributed by atoms with E-state index >= 15 is 0 Å². The Bertz CT molecular complexity index is 713. The average Bonchev–Trinajstić information content (AvgIpc) is 2.66. The van der Waals surface area contributed by atoms with Gasteiger partial charge in [-0.25, -0.2) is 4.79 Å². The molecule has 0 aliphatic rings. The number of rotatable bonds is 7. The molecular formula is C19H21NO4S. The minimum Gasteiger partial charge on any atom is -0.484 e. The highest BCUT2D eigenvalue weighted by Gasteiger charge is 2.11. The first-order valence-corrected chi connectivity index (χ1v) is 8.94. The van der Waals surface area contributed by atoms with Gasteiger partial charge in [-0.3, -0.25) is 4.79 Å². The molecule has 6 heteroatoms. The molecule has 0 aliphatic carbocycles. The lowest BCUT2D eigenvalue weighted by molar-refractivity contribution is -0.132. The maximum atomic E-state index is 12.2. The third-order valence-corrected chi connectivity index (χ3v) is 4.39. The second-order valence-corrected chi connectivity index (χ2v) is 6.28. The van der Waals surface area contributed by atoms with E-state index in [2.05, 4.69) is 4.74 Å². The first-order chi connectivity index (χ1) is 12.0. The molecule has 0 radical (unpaired) electrons. The first kappa shape index (κ1) is 18.9. The van der Waals surface area contributed by atoms with Gasteiger partial charge in [-0.15, -0.1) is 11.8 Å². The zero-order chi connectivity index (χ0) is 18.2. The Labute approximate surface area is 151 Å². The fourth-order valence-electron chi connectivity index (χ4n) is 2.15. The van der Waals surface area contributed by atoms with Gasteiger partial charge in [0.15, 0.2) is 6.61 Å². The lowest BCUT2D eigenvalue weighted by Gasteiger charge is -2.18. The number of benzene rings is 2. The average molecular weight is 359 g/mol. The van der Waals surface area contributed by atoms with Crippen LogP contribution in [0.1, 0.15) is 15.9 Å². The van der Waals surface area contributed by atoms with E-state index in [1.54, 1.807) is 48.0 Å². The number of carbonyl (C=O) groups is 2. The fourth-order valence-corrected chi connectivity index (χ4v) is 2.56. The van der Waals surface area contributed by atoms with Crippen LogP contribution in [0.4, 0.5) is 0 Å². The van der Waals surface area contributed by atoms with Crippen LogP contribution in [0, 0.1) is 0 Å². The number of nitrogens with zero attached hydrogens (tertiary/aromatic N) is 1. The first-order valence-electron chi connectivity index (χ1n) is 7.71. The molecule has 0 heterocycles. The normalized spacial score (nSPS) is 10.2. The number of carbonyl (C=O) groups excluding carboxylic acids is 2. The summed E-state index contributed by atoms with van der Waals surface area (Å²) in [6, 6.07) is 14.6. The lowest BCUT2D eigenvalue weighted by atomic mass is 10.2. The Hall–Kier alpha value is -2.47. The monoisotopic (exact) mass is 359 g/mol. The van der Waals surface area contributed by atoms with Crippen LogP contribution in [0.3, 0.4) is 0 Å². The summed E-state index contributed by atoms with van der Waals surface area (Å²) in [4.78, 5) is 26.4. The van der Waals surface area contributed by atoms with Crippen LogP contribution in [0.25, 0.3) is 0 Å². The van der Waals surface area contributed by atoms with Gasteiger partial charge in [0.05, 0.1) is 12.7 Å². The number of esters is 1. The molecule has 0 unspecified atom stereocenters. The van der Waals surface area contributed by atoms with Gasteiger partial charge in [0.2, 0.25) is 0 Å². The SMILES string of the molecule is COC(=O)c1ccc(OCC(=O)N(C)Cc2ccc(SC)cc2)cc1. The van der Waals surface area contributed by atoms with Crippen molar-refractivity contribution in [1.29, 1.82) is 0 Å². The highest BCUT2D eigenvalue weighted by molar-refractivity contribution is 7.98. The van der Waals surface area contributed by atoms with Crippen molar-refractivity contribution in [3.8, 4) is 5.75 Å². The summed E-state index contributed by atoms with van der Waals surface area (Å²) in [5, 5.41) is 0. The molecule has 2 rings (SSSR count). The summed E-state index contributed by atoms with van der Waals surface area (Å²) in [7, 11) is 3.07. The van der Waals surface area contributed by atoms with Crippen LogP contribution in [0.2, 0.25) is 0 Å². The Morgan fingerprint density at radius 2 is 1.68 bits per heavy atom. The lowest BCUT2D eigenvalue weighted by Crippen LogP contribution is -2.30. The van der Waals surface area contributed by atoms with Crippen molar-refractivity contribution in [3.05, 3.63) is 59.7 Å². The minimum absolute atomic E-state index is 0.0586. The molecule has 0 fully saturated rings. The molecule has 0 N–H and O–H groups in total. The van der Waals surface area contributed by atoms with Gasteiger partial charge in [-0.2, -0.15) is 0 Å². The van der Waals surface area contributed by atoms with Crippen molar-refractivity contribution in [2.24, 2.45) is 0 Å². The zero-order valence-corrected chi connectivity index (χ0v) is 15.3. The molecule has 1 amide bonds. The van der Waals surface area contributed by atoms with Crippen molar-refractivity contribution in [1.82, 2.24) is 4.90 Å². The van der Waals surface area contributed by atoms with Crippen molar-refractivity contribution in [2.45, 2.75) is 11.4 Å². The number of methoxy groups -OCH3 is 1. The van der Waals surface area contributed by atoms with E-state index in [9.17, 15) is 9.59 Å². The Morgan fingerprint density at radius 3 is 2.24 bits per heavy atom. The molecule has 0 atom stereocenters. The molecule has 5 nitrogen and oxygen atoms in total. The number of amides is 1. The van der Waals surface area contributed by atoms with E-state index in [-0.39, 0.29) is 12.5 Å². The van der Waals surface area contributed by atoms with Crippen molar-refractivity contribution >= 4 is 23.6 Å². The van der Waals surface area contributed by atoms with E-state index in [4.69, 9.17) is 4.74 Å². The van der Waals surface area contributed by atoms with E-state index in [1.807, 2.05) is 30.5 Å². The molecule has 132 valence electrons. The van der Waals surface area contributed by atoms with Gasteiger partial charge < -0.3 is 14.4 Å². The van der Waals surface area contributed by atoms with E-state index in [1.165, 1.54) is 12.0 Å². The van der Waals surface area contributed by atoms with Gasteiger partial charge >= 0.3 is 5.97 Å². The van der Waals surface area contributed by atoms with E-state index in [0.717, 1.165) is 5.56 Å². The maximum Gasteiger partial charge on any atom is 0.337 e. The summed E-state index contributed by atoms with van der Waals surface area (Å²) >= 11 is 1.68. The largest absolute Gasteiger partial charge is 0.484 e. The van der Waals surface area contributed by atoms with E-state index < -0.39 is 5.97 Å². The smallest absolute Gasteiger partial charge is 0.337 e. The summed E-state index contributed by atoms with van der Waals surface area (Å²) in [5.74, 6) is -0.000402. The van der Waals surface area contributed by atoms with Crippen molar-refractivity contribution < 1.29 is 19.1 Å². The van der Waals surface area contributed by atoms with E-state index in [0.29, 0.717) is 17.9 Å². The third kappa shape index (κ3) is 5.53. The van der Waals surface area contributed by atoms with Gasteiger partial charge in [-0.1, -0.05) is 12.1 Å². The summed E-state index contributed by atoms with van der Waals surface area (Å²) < 4.78 is 10.1. The Balaban J connectivity index is 1.85. The second-order valence-electron chi connectivity index (χ2n) is 5.40. The third-order valence-electron chi connectivity index (χ3n) is 3.64. The highest BCUT2D eigenvalue weighted by atomic mass is 32.2. The van der Waals surface area contributed by atoms with Crippen LogP contribution in [-0.2, 0) is 16.1 Å². The Morgan fingerprint density at radius 1 is 1.04 bits per heavy atom. The topological polar surface area (TPSA) is 55.8 Å². The predicted octanol–water partition coefficient (Wildman–Crippen LogP) is 3.23. The molecule has 0 aliphatic heterocycles. The maximum absolute atomic E-state index is 12.2. The standard InChI is InChI=1S/C19H21NO4S/c1-20(12-14-4-10-17(25-3)11-5-14)18(21)13-24-16-8-6-15(7-9-16)19(22)23-2/h4-11H,12-13H2,1-3H3.